The fourth-order valence-corrected chi connectivity index (χ4v) is 12.4. The summed E-state index contributed by atoms with van der Waals surface area (Å²) in [7, 11) is 0. The van der Waals surface area contributed by atoms with Gasteiger partial charge in [-0.2, -0.15) is 36.3 Å². The molecule has 10 rings (SSSR count). The van der Waals surface area contributed by atoms with Crippen molar-refractivity contribution in [2.24, 2.45) is 0 Å². The number of halogens is 8. The highest BCUT2D eigenvalue weighted by atomic mass is 32.2. The molecular weight excluding hydrogens is 1280 g/mol. The molecule has 12 nitrogen and oxygen atoms in total. The van der Waals surface area contributed by atoms with E-state index in [0.29, 0.717) is 74.2 Å². The van der Waals surface area contributed by atoms with Gasteiger partial charge in [0.25, 0.3) is 11.1 Å². The number of alkyl halides is 6. The van der Waals surface area contributed by atoms with Crippen LogP contribution in [0.15, 0.2) is 153 Å². The molecule has 0 bridgehead atoms. The SMILES string of the molecule is [2H]c1c([2H])c(-c2ccc(C(F)(F)F)cc2)c([2H])c(C)c1CN(CCN(C([2H])([2H])C)C([2H])([2H])C)C(=O)Cn1c(SCc2ccc(F)cc2)nc(=O)c2c1CCC2.[2H]c1c([2H])c(C([2H])([2H])N(C(=O)Cn2c(SCc3ccc(F)cc3)nc(=O)c3c2CCC3)C([2H])([2H])C([2H])([2H])N(C([2H])([2H])C)C([2H])([2H])C)c(C)c([2H])c1-c1ccc(C(F)(F)F)cc1. The van der Waals surface area contributed by atoms with Crippen LogP contribution in [0, 0.1) is 25.5 Å². The summed E-state index contributed by atoms with van der Waals surface area (Å²) in [4.78, 5) is 65.8. The number of amides is 2. The largest absolute Gasteiger partial charge is 0.416 e. The first-order valence-corrected chi connectivity index (χ1v) is 32.1. The lowest BCUT2D eigenvalue weighted by molar-refractivity contribution is -0.138. The number of rotatable bonds is 26. The van der Waals surface area contributed by atoms with Crippen molar-refractivity contribution < 1.29 is 72.1 Å². The Bertz CT molecular complexity index is 5060. The highest BCUT2D eigenvalue weighted by Gasteiger charge is 2.32. The maximum Gasteiger partial charge on any atom is 0.416 e. The number of aromatic nitrogens is 4. The van der Waals surface area contributed by atoms with Crippen LogP contribution in [0.25, 0.3) is 22.3 Å². The number of carbonyl (C=O) groups excluding carboxylic acids is 2. The van der Waals surface area contributed by atoms with Gasteiger partial charge in [0.2, 0.25) is 11.8 Å². The molecule has 0 saturated heterocycles. The van der Waals surface area contributed by atoms with Crippen LogP contribution in [0.4, 0.5) is 35.1 Å². The number of carbonyl (C=O) groups is 2. The Morgan fingerprint density at radius 2 is 0.948 bits per heavy atom. The van der Waals surface area contributed by atoms with E-state index in [1.165, 1.54) is 78.4 Å². The number of hydrogen-bond donors (Lipinski definition) is 0. The second-order valence-corrected chi connectivity index (χ2v) is 23.9. The third-order valence-corrected chi connectivity index (χ3v) is 17.8. The van der Waals surface area contributed by atoms with E-state index in [1.807, 2.05) is 0 Å². The summed E-state index contributed by atoms with van der Waals surface area (Å²) in [5.74, 6) is -2.69. The Kier molecular flexibility index (Phi) is 17.0. The van der Waals surface area contributed by atoms with E-state index in [4.69, 9.17) is 21.9 Å². The van der Waals surface area contributed by atoms with Crippen LogP contribution in [0.5, 0.6) is 0 Å². The van der Waals surface area contributed by atoms with E-state index in [0.717, 1.165) is 65.5 Å². The minimum absolute atomic E-state index is 0.0555. The summed E-state index contributed by atoms with van der Waals surface area (Å²) in [5.41, 5.74) is -1.74. The van der Waals surface area contributed by atoms with Crippen molar-refractivity contribution in [1.29, 1.82) is 0 Å². The number of benzene rings is 6. The second kappa shape index (κ2) is 32.9. The smallest absolute Gasteiger partial charge is 0.336 e. The maximum atomic E-state index is 14.9. The molecule has 96 heavy (non-hydrogen) atoms. The van der Waals surface area contributed by atoms with Crippen molar-refractivity contribution in [3.05, 3.63) is 233 Å². The van der Waals surface area contributed by atoms with E-state index in [9.17, 15) is 59.8 Å². The minimum Gasteiger partial charge on any atom is -0.336 e. The van der Waals surface area contributed by atoms with Crippen molar-refractivity contribution in [2.45, 2.75) is 140 Å². The molecule has 2 amide bonds. The highest BCUT2D eigenvalue weighted by Crippen LogP contribution is 2.35. The molecule has 8 aromatic rings. The van der Waals surface area contributed by atoms with Gasteiger partial charge in [-0.15, -0.1) is 0 Å². The number of fused-ring (bicyclic) bond motifs is 2. The van der Waals surface area contributed by atoms with E-state index in [1.54, 1.807) is 16.7 Å². The molecule has 2 heterocycles. The first-order chi connectivity index (χ1) is 53.4. The number of hydrogen-bond acceptors (Lipinski definition) is 10. The van der Waals surface area contributed by atoms with Crippen molar-refractivity contribution >= 4 is 35.3 Å². The van der Waals surface area contributed by atoms with Crippen molar-refractivity contribution in [2.75, 3.05) is 52.1 Å². The Labute approximate surface area is 591 Å². The molecule has 0 saturated carbocycles. The molecule has 2 aliphatic carbocycles. The van der Waals surface area contributed by atoms with Gasteiger partial charge in [0.05, 0.1) is 24.8 Å². The summed E-state index contributed by atoms with van der Waals surface area (Å²) < 4.78 is 285. The Morgan fingerprint density at radius 3 is 1.38 bits per heavy atom. The van der Waals surface area contributed by atoms with Crippen molar-refractivity contribution in [3.63, 3.8) is 0 Å². The zero-order valence-corrected chi connectivity index (χ0v) is 54.6. The fourth-order valence-electron chi connectivity index (χ4n) is 10.5. The monoisotopic (exact) mass is 1380 g/mol. The van der Waals surface area contributed by atoms with Gasteiger partial charge in [-0.25, -0.2) is 8.78 Å². The quantitative estimate of drug-likeness (QED) is 0.0295. The van der Waals surface area contributed by atoms with E-state index >= 15 is 0 Å². The molecule has 508 valence electrons. The normalized spacial score (nSPS) is 16.9. The minimum atomic E-state index is -4.74. The molecule has 2 aliphatic rings. The van der Waals surface area contributed by atoms with Gasteiger partial charge in [0.1, 0.15) is 24.7 Å². The predicted molar refractivity (Wildman–Crippen MR) is 363 cm³/mol. The third kappa shape index (κ3) is 18.8. The van der Waals surface area contributed by atoms with Crippen LogP contribution >= 0.6 is 23.5 Å². The molecule has 2 aromatic heterocycles. The van der Waals surface area contributed by atoms with Gasteiger partial charge < -0.3 is 28.7 Å². The van der Waals surface area contributed by atoms with Gasteiger partial charge in [-0.1, -0.05) is 136 Å². The summed E-state index contributed by atoms with van der Waals surface area (Å²) in [6, 6.07) is 14.6. The van der Waals surface area contributed by atoms with Crippen molar-refractivity contribution in [3.8, 4) is 22.3 Å². The Hall–Kier alpha value is -7.92. The lowest BCUT2D eigenvalue weighted by atomic mass is 9.98. The zero-order chi connectivity index (χ0) is 86.6. The molecule has 0 N–H and O–H groups in total. The highest BCUT2D eigenvalue weighted by molar-refractivity contribution is 7.98. The van der Waals surface area contributed by atoms with Crippen LogP contribution in [-0.2, 0) is 85.3 Å². The molecular formula is C74H80F8N8O4S2. The number of thioether (sulfide) groups is 2. The molecule has 0 atom stereocenters. The van der Waals surface area contributed by atoms with Gasteiger partial charge in [-0.3, -0.25) is 19.2 Å². The van der Waals surface area contributed by atoms with E-state index in [2.05, 4.69) is 9.97 Å². The first-order valence-electron chi connectivity index (χ1n) is 40.2. The van der Waals surface area contributed by atoms with Crippen LogP contribution in [0.2, 0.25) is 0 Å². The molecule has 0 unspecified atom stereocenters. The van der Waals surface area contributed by atoms with Gasteiger partial charge in [0.15, 0.2) is 10.3 Å². The molecule has 0 fully saturated rings. The average Bonchev–Trinajstić information content (AvgIpc) is 0.715. The molecule has 0 radical (unpaired) electrons. The van der Waals surface area contributed by atoms with Gasteiger partial charge in [-0.05, 0) is 183 Å². The lowest BCUT2D eigenvalue weighted by Crippen LogP contribution is -2.40. The third-order valence-electron chi connectivity index (χ3n) is 15.7. The Morgan fingerprint density at radius 1 is 0.531 bits per heavy atom. The standard InChI is InChI=1S/2C37H40F4N4O2S/c2*1-4-43(5-2)19-20-44(22-29-12-11-28(21-25(29)3)27-13-15-30(16-14-27)37(39,40)41)34(46)23-45-33-8-6-7-32(33)35(47)42-36(45)48-24-26-9-17-31(38)18-10-26/h2*9-18,21H,4-8,19-20,22-24H2,1-3H3/i4D2,5D2,11D,12D,19D2,20D2,21D,22D2;4D2,5D2,11D,12D,21D. The summed E-state index contributed by atoms with van der Waals surface area (Å²) in [5, 5.41) is 0.142. The fraction of sp³-hybridized carbons (Fsp3) is 0.378. The number of nitrogens with zero attached hydrogens (tertiary/aromatic N) is 8. The van der Waals surface area contributed by atoms with E-state index in [-0.39, 0.29) is 116 Å². The van der Waals surface area contributed by atoms with Crippen LogP contribution < -0.4 is 11.1 Å². The topological polar surface area (TPSA) is 117 Å². The zero-order valence-electron chi connectivity index (χ0n) is 73.0. The molecule has 0 aliphatic heterocycles. The first kappa shape index (κ1) is 49.6. The molecule has 6 aromatic carbocycles. The average molecular weight is 1380 g/mol. The summed E-state index contributed by atoms with van der Waals surface area (Å²) >= 11 is 2.12. The summed E-state index contributed by atoms with van der Waals surface area (Å²) in [6.07, 6.45) is -6.83. The predicted octanol–water partition coefficient (Wildman–Crippen LogP) is 15.1. The van der Waals surface area contributed by atoms with Crippen molar-refractivity contribution in [1.82, 2.24) is 38.7 Å². The molecule has 0 spiro atoms. The maximum absolute atomic E-state index is 14.9. The van der Waals surface area contributed by atoms with Gasteiger partial charge in [0, 0.05) is 86.9 Å². The second-order valence-electron chi connectivity index (χ2n) is 22.0. The van der Waals surface area contributed by atoms with Gasteiger partial charge >= 0.3 is 12.4 Å². The van der Waals surface area contributed by atoms with Crippen LogP contribution in [0.3, 0.4) is 0 Å². The van der Waals surface area contributed by atoms with Crippen LogP contribution in [-0.4, -0.2) is 103 Å². The van der Waals surface area contributed by atoms with E-state index < -0.39 is 151 Å². The molecule has 22 heteroatoms. The Balaban J connectivity index is 0.000000266. The lowest BCUT2D eigenvalue weighted by Gasteiger charge is -2.28. The van der Waals surface area contributed by atoms with Crippen LogP contribution in [0.1, 0.15) is 135 Å². The number of likely N-dealkylation sites (N-methyl/N-ethyl adjacent to an activating group) is 2. The summed E-state index contributed by atoms with van der Waals surface area (Å²) in [6.45, 7) is -18.0.